The number of anilines is 1. The molecule has 0 spiro atoms. The zero-order valence-electron chi connectivity index (χ0n) is 14.2. The maximum absolute atomic E-state index is 13.0. The third-order valence-electron chi connectivity index (χ3n) is 4.89. The van der Waals surface area contributed by atoms with Crippen molar-refractivity contribution in [2.24, 2.45) is 5.92 Å². The zero-order chi connectivity index (χ0) is 17.3. The first-order chi connectivity index (χ1) is 11.4. The number of hydrogen-bond donors (Lipinski definition) is 0. The summed E-state index contributed by atoms with van der Waals surface area (Å²) in [6, 6.07) is 0.0524. The molecule has 0 aromatic carbocycles. The van der Waals surface area contributed by atoms with Gasteiger partial charge in [-0.25, -0.2) is 22.8 Å². The van der Waals surface area contributed by atoms with E-state index >= 15 is 0 Å². The molecule has 2 fully saturated rings. The molecule has 0 N–H and O–H groups in total. The van der Waals surface area contributed by atoms with Gasteiger partial charge in [0.2, 0.25) is 5.95 Å². The molecule has 0 saturated carbocycles. The summed E-state index contributed by atoms with van der Waals surface area (Å²) < 4.78 is 38.1. The van der Waals surface area contributed by atoms with Crippen LogP contribution in [0.1, 0.15) is 26.7 Å². The van der Waals surface area contributed by atoms with Crippen molar-refractivity contribution in [3.05, 3.63) is 18.2 Å². The quantitative estimate of drug-likeness (QED) is 0.814. The lowest BCUT2D eigenvalue weighted by atomic mass is 10.0. The average Bonchev–Trinajstić information content (AvgIpc) is 2.75. The molecule has 2 aliphatic heterocycles. The molecular weight excluding hydrogens is 331 g/mol. The van der Waals surface area contributed by atoms with Gasteiger partial charge in [-0.15, -0.1) is 0 Å². The zero-order valence-corrected chi connectivity index (χ0v) is 15.0. The van der Waals surface area contributed by atoms with Crippen LogP contribution < -0.4 is 4.90 Å². The van der Waals surface area contributed by atoms with Crippen molar-refractivity contribution in [1.29, 1.82) is 0 Å². The van der Waals surface area contributed by atoms with Gasteiger partial charge in [-0.05, 0) is 18.8 Å². The molecule has 8 heteroatoms. The van der Waals surface area contributed by atoms with Gasteiger partial charge in [-0.3, -0.25) is 4.90 Å². The SMILES string of the molecule is CC(C)CN1CCS(=O)(=O)[C@@H]2CCN(c3ncc(F)cn3)CC[C@@H]21. The summed E-state index contributed by atoms with van der Waals surface area (Å²) in [6.07, 6.45) is 3.64. The van der Waals surface area contributed by atoms with Crippen LogP contribution in [0, 0.1) is 11.7 Å². The molecular formula is C16H25FN4O2S. The van der Waals surface area contributed by atoms with Crippen LogP contribution in [0.2, 0.25) is 0 Å². The Labute approximate surface area is 143 Å². The van der Waals surface area contributed by atoms with E-state index in [1.54, 1.807) is 0 Å². The fourth-order valence-corrected chi connectivity index (χ4v) is 5.87. The maximum Gasteiger partial charge on any atom is 0.225 e. The van der Waals surface area contributed by atoms with Crippen molar-refractivity contribution >= 4 is 15.8 Å². The van der Waals surface area contributed by atoms with Crippen LogP contribution in [0.3, 0.4) is 0 Å². The van der Waals surface area contributed by atoms with Crippen LogP contribution in [0.5, 0.6) is 0 Å². The Morgan fingerprint density at radius 2 is 1.88 bits per heavy atom. The molecule has 2 atom stereocenters. The van der Waals surface area contributed by atoms with E-state index in [9.17, 15) is 12.8 Å². The van der Waals surface area contributed by atoms with E-state index in [4.69, 9.17) is 0 Å². The second-order valence-electron chi connectivity index (χ2n) is 7.13. The highest BCUT2D eigenvalue weighted by Gasteiger charge is 2.42. The molecule has 1 aromatic rings. The highest BCUT2D eigenvalue weighted by atomic mass is 32.2. The van der Waals surface area contributed by atoms with Crippen LogP contribution in [0.15, 0.2) is 12.4 Å². The van der Waals surface area contributed by atoms with Gasteiger partial charge >= 0.3 is 0 Å². The van der Waals surface area contributed by atoms with E-state index in [1.807, 2.05) is 4.90 Å². The maximum atomic E-state index is 13.0. The summed E-state index contributed by atoms with van der Waals surface area (Å²) in [5, 5.41) is -0.324. The molecule has 0 radical (unpaired) electrons. The summed E-state index contributed by atoms with van der Waals surface area (Å²) in [4.78, 5) is 12.4. The van der Waals surface area contributed by atoms with Crippen molar-refractivity contribution in [3.8, 4) is 0 Å². The van der Waals surface area contributed by atoms with Gasteiger partial charge in [0.1, 0.15) is 0 Å². The molecule has 1 aromatic heterocycles. The lowest BCUT2D eigenvalue weighted by Crippen LogP contribution is -2.55. The van der Waals surface area contributed by atoms with Crippen LogP contribution in [-0.4, -0.2) is 66.5 Å². The van der Waals surface area contributed by atoms with Crippen LogP contribution in [0.25, 0.3) is 0 Å². The monoisotopic (exact) mass is 356 g/mol. The van der Waals surface area contributed by atoms with E-state index in [0.29, 0.717) is 37.9 Å². The van der Waals surface area contributed by atoms with Gasteiger partial charge in [0.05, 0.1) is 23.4 Å². The largest absolute Gasteiger partial charge is 0.341 e. The van der Waals surface area contributed by atoms with E-state index in [-0.39, 0.29) is 17.0 Å². The van der Waals surface area contributed by atoms with Gasteiger partial charge < -0.3 is 4.90 Å². The Hall–Kier alpha value is -1.28. The van der Waals surface area contributed by atoms with Crippen LogP contribution in [0.4, 0.5) is 10.3 Å². The molecule has 0 unspecified atom stereocenters. The van der Waals surface area contributed by atoms with Gasteiger partial charge in [0.25, 0.3) is 0 Å². The smallest absolute Gasteiger partial charge is 0.225 e. The fourth-order valence-electron chi connectivity index (χ4n) is 3.82. The molecule has 0 bridgehead atoms. The van der Waals surface area contributed by atoms with E-state index < -0.39 is 15.7 Å². The minimum absolute atomic E-state index is 0.0524. The first-order valence-corrected chi connectivity index (χ1v) is 10.3. The van der Waals surface area contributed by atoms with Gasteiger partial charge in [0.15, 0.2) is 15.7 Å². The van der Waals surface area contributed by atoms with Gasteiger partial charge in [0, 0.05) is 32.2 Å². The molecule has 3 heterocycles. The molecule has 2 saturated heterocycles. The molecule has 134 valence electrons. The highest BCUT2D eigenvalue weighted by molar-refractivity contribution is 7.92. The lowest BCUT2D eigenvalue weighted by Gasteiger charge is -2.40. The first kappa shape index (κ1) is 17.5. The van der Waals surface area contributed by atoms with Crippen molar-refractivity contribution in [2.75, 3.05) is 36.8 Å². The summed E-state index contributed by atoms with van der Waals surface area (Å²) in [7, 11) is -3.06. The number of aromatic nitrogens is 2. The summed E-state index contributed by atoms with van der Waals surface area (Å²) in [5.74, 6) is 0.760. The lowest BCUT2D eigenvalue weighted by molar-refractivity contribution is 0.164. The first-order valence-electron chi connectivity index (χ1n) is 8.55. The Balaban J connectivity index is 1.80. The Kier molecular flexibility index (Phi) is 5.05. The Morgan fingerprint density at radius 3 is 2.54 bits per heavy atom. The summed E-state index contributed by atoms with van der Waals surface area (Å²) in [5.41, 5.74) is 0. The van der Waals surface area contributed by atoms with Crippen molar-refractivity contribution in [3.63, 3.8) is 0 Å². The minimum atomic E-state index is -3.06. The number of halogens is 1. The molecule has 3 rings (SSSR count). The standard InChI is InChI=1S/C16H25FN4O2S/c1-12(2)11-21-7-8-24(22,23)15-4-6-20(5-3-14(15)21)16-18-9-13(17)10-19-16/h9-10,12,14-15H,3-8,11H2,1-2H3/t14-,15+/m0/s1. The van der Waals surface area contributed by atoms with Gasteiger partial charge in [-0.2, -0.15) is 0 Å². The third-order valence-corrected chi connectivity index (χ3v) is 7.11. The number of fused-ring (bicyclic) bond motifs is 1. The van der Waals surface area contributed by atoms with Crippen LogP contribution in [-0.2, 0) is 9.84 Å². The second-order valence-corrected chi connectivity index (χ2v) is 9.47. The number of sulfone groups is 1. The number of hydrogen-bond acceptors (Lipinski definition) is 6. The summed E-state index contributed by atoms with van der Waals surface area (Å²) >= 11 is 0. The average molecular weight is 356 g/mol. The van der Waals surface area contributed by atoms with Crippen LogP contribution >= 0.6 is 0 Å². The molecule has 24 heavy (non-hydrogen) atoms. The van der Waals surface area contributed by atoms with E-state index in [0.717, 1.165) is 25.4 Å². The Bertz CT molecular complexity index is 665. The predicted molar refractivity (Wildman–Crippen MR) is 91.2 cm³/mol. The Morgan fingerprint density at radius 1 is 1.21 bits per heavy atom. The normalized spacial score (nSPS) is 27.8. The molecule has 2 aliphatic rings. The molecule has 0 amide bonds. The summed E-state index contributed by atoms with van der Waals surface area (Å²) in [6.45, 7) is 7.14. The minimum Gasteiger partial charge on any atom is -0.341 e. The van der Waals surface area contributed by atoms with Crippen molar-refractivity contribution in [1.82, 2.24) is 14.9 Å². The molecule has 0 aliphatic carbocycles. The fraction of sp³-hybridized carbons (Fsp3) is 0.750. The third kappa shape index (κ3) is 3.69. The molecule has 6 nitrogen and oxygen atoms in total. The van der Waals surface area contributed by atoms with Crippen molar-refractivity contribution < 1.29 is 12.8 Å². The second kappa shape index (κ2) is 6.92. The topological polar surface area (TPSA) is 66.4 Å². The van der Waals surface area contributed by atoms with Gasteiger partial charge in [-0.1, -0.05) is 13.8 Å². The van der Waals surface area contributed by atoms with E-state index in [1.165, 1.54) is 0 Å². The number of rotatable bonds is 3. The highest BCUT2D eigenvalue weighted by Crippen LogP contribution is 2.29. The van der Waals surface area contributed by atoms with E-state index in [2.05, 4.69) is 28.7 Å². The predicted octanol–water partition coefficient (Wildman–Crippen LogP) is 1.34. The number of nitrogens with zero attached hydrogens (tertiary/aromatic N) is 4. The van der Waals surface area contributed by atoms with Crippen molar-refractivity contribution in [2.45, 2.75) is 38.0 Å².